The average Bonchev–Trinajstić information content (AvgIpc) is 3.53. The Morgan fingerprint density at radius 1 is 0.865 bits per heavy atom. The quantitative estimate of drug-likeness (QED) is 0.278. The first-order valence-electron chi connectivity index (χ1n) is 13.1. The molecule has 37 heavy (non-hydrogen) atoms. The number of benzene rings is 2. The molecule has 2 saturated carbocycles. The molecule has 7 heteroatoms. The second-order valence-electron chi connectivity index (χ2n) is 11.3. The fourth-order valence-electron chi connectivity index (χ4n) is 7.32. The third-order valence-electron chi connectivity index (χ3n) is 8.93. The molecule has 2 heterocycles. The van der Waals surface area contributed by atoms with Crippen molar-refractivity contribution in [3.63, 3.8) is 0 Å². The summed E-state index contributed by atoms with van der Waals surface area (Å²) in [5, 5.41) is 0. The van der Waals surface area contributed by atoms with Crippen LogP contribution in [-0.2, 0) is 19.2 Å². The maximum Gasteiger partial charge on any atom is 0.316 e. The van der Waals surface area contributed by atoms with Crippen LogP contribution in [0.1, 0.15) is 24.0 Å². The predicted octanol–water partition coefficient (Wildman–Crippen LogP) is 3.82. The Hall–Kier alpha value is -3.74. The van der Waals surface area contributed by atoms with Crippen LogP contribution in [0, 0.1) is 55.3 Å². The number of aryl methyl sites for hydroxylation is 2. The topological polar surface area (TPSA) is 84.0 Å². The van der Waals surface area contributed by atoms with E-state index in [1.807, 2.05) is 32.0 Å². The predicted molar refractivity (Wildman–Crippen MR) is 136 cm³/mol. The number of hydrogen-bond donors (Lipinski definition) is 0. The zero-order valence-corrected chi connectivity index (χ0v) is 20.8. The average molecular weight is 497 g/mol. The van der Waals surface area contributed by atoms with Gasteiger partial charge in [0.25, 0.3) is 0 Å². The number of esters is 1. The summed E-state index contributed by atoms with van der Waals surface area (Å²) in [5.74, 6) is -0.396. The van der Waals surface area contributed by atoms with Crippen LogP contribution in [0.2, 0.25) is 0 Å². The third-order valence-corrected chi connectivity index (χ3v) is 8.93. The van der Waals surface area contributed by atoms with Crippen LogP contribution in [0.3, 0.4) is 0 Å². The fourth-order valence-corrected chi connectivity index (χ4v) is 7.32. The van der Waals surface area contributed by atoms with E-state index in [1.165, 1.54) is 4.90 Å². The lowest BCUT2D eigenvalue weighted by atomic mass is 9.63. The van der Waals surface area contributed by atoms with Crippen molar-refractivity contribution in [2.24, 2.45) is 41.4 Å². The summed E-state index contributed by atoms with van der Waals surface area (Å²) in [6.45, 7) is 4.21. The van der Waals surface area contributed by atoms with Crippen molar-refractivity contribution in [3.8, 4) is 5.75 Å². The van der Waals surface area contributed by atoms with Crippen molar-refractivity contribution in [1.29, 1.82) is 0 Å². The minimum atomic E-state index is -0.594. The largest absolute Gasteiger partial charge is 0.426 e. The molecule has 7 atom stereocenters. The van der Waals surface area contributed by atoms with Gasteiger partial charge >= 0.3 is 5.97 Å². The lowest BCUT2D eigenvalue weighted by molar-refractivity contribution is -0.139. The molecule has 2 saturated heterocycles. The molecular formula is C30H28N2O5. The van der Waals surface area contributed by atoms with Gasteiger partial charge in [-0.25, -0.2) is 4.90 Å². The highest BCUT2D eigenvalue weighted by Gasteiger charge is 2.67. The summed E-state index contributed by atoms with van der Waals surface area (Å²) in [6.07, 6.45) is 5.50. The minimum Gasteiger partial charge on any atom is -0.426 e. The fraction of sp³-hybridized carbons (Fsp3) is 0.400. The van der Waals surface area contributed by atoms with E-state index in [-0.39, 0.29) is 60.1 Å². The molecular weight excluding hydrogens is 468 g/mol. The van der Waals surface area contributed by atoms with Crippen LogP contribution in [0.5, 0.6) is 5.75 Å². The van der Waals surface area contributed by atoms with Crippen molar-refractivity contribution in [3.05, 3.63) is 65.7 Å². The summed E-state index contributed by atoms with van der Waals surface area (Å²) < 4.78 is 5.67. The minimum absolute atomic E-state index is 0.0794. The number of carbonyl (C=O) groups excluding carboxylic acids is 4. The molecule has 4 fully saturated rings. The molecule has 2 aromatic carbocycles. The molecule has 3 amide bonds. The van der Waals surface area contributed by atoms with Gasteiger partial charge < -0.3 is 9.64 Å². The molecule has 4 aliphatic carbocycles. The number of rotatable bonds is 4. The summed E-state index contributed by atoms with van der Waals surface area (Å²) in [7, 11) is 0. The van der Waals surface area contributed by atoms with Crippen LogP contribution in [0.4, 0.5) is 11.4 Å². The Bertz CT molecular complexity index is 1360. The first-order chi connectivity index (χ1) is 17.8. The number of anilines is 2. The summed E-state index contributed by atoms with van der Waals surface area (Å²) >= 11 is 0. The van der Waals surface area contributed by atoms with Gasteiger partial charge in [0.05, 0.1) is 23.4 Å². The van der Waals surface area contributed by atoms with Crippen LogP contribution in [0.25, 0.3) is 0 Å². The number of imide groups is 1. The summed E-state index contributed by atoms with van der Waals surface area (Å²) in [6, 6.07) is 12.5. The van der Waals surface area contributed by atoms with Gasteiger partial charge in [0.15, 0.2) is 0 Å². The van der Waals surface area contributed by atoms with E-state index >= 15 is 0 Å². The highest BCUT2D eigenvalue weighted by Crippen LogP contribution is 2.65. The summed E-state index contributed by atoms with van der Waals surface area (Å²) in [5.41, 5.74) is 3.32. The van der Waals surface area contributed by atoms with E-state index < -0.39 is 11.9 Å². The van der Waals surface area contributed by atoms with Crippen LogP contribution in [-0.4, -0.2) is 30.2 Å². The number of amides is 3. The number of carbonyl (C=O) groups is 4. The van der Waals surface area contributed by atoms with Gasteiger partial charge in [-0.2, -0.15) is 0 Å². The zero-order chi connectivity index (χ0) is 25.6. The monoisotopic (exact) mass is 496 g/mol. The number of nitrogens with zero attached hydrogens (tertiary/aromatic N) is 2. The van der Waals surface area contributed by atoms with Gasteiger partial charge in [-0.05, 0) is 79.3 Å². The van der Waals surface area contributed by atoms with Crippen LogP contribution < -0.4 is 14.5 Å². The van der Waals surface area contributed by atoms with Gasteiger partial charge in [-0.15, -0.1) is 0 Å². The van der Waals surface area contributed by atoms with Gasteiger partial charge in [0.1, 0.15) is 5.75 Å². The molecule has 2 bridgehead atoms. The second-order valence-corrected chi connectivity index (χ2v) is 11.3. The van der Waals surface area contributed by atoms with E-state index in [1.54, 1.807) is 29.2 Å². The highest BCUT2D eigenvalue weighted by molar-refractivity contribution is 6.22. The maximum atomic E-state index is 13.4. The molecule has 6 aliphatic rings. The maximum absolute atomic E-state index is 13.4. The second kappa shape index (κ2) is 7.88. The van der Waals surface area contributed by atoms with Gasteiger partial charge in [-0.1, -0.05) is 24.3 Å². The van der Waals surface area contributed by atoms with Gasteiger partial charge in [-0.3, -0.25) is 19.2 Å². The van der Waals surface area contributed by atoms with E-state index in [0.29, 0.717) is 17.5 Å². The lowest BCUT2D eigenvalue weighted by Crippen LogP contribution is -2.40. The Labute approximate surface area is 215 Å². The number of hydrogen-bond acceptors (Lipinski definition) is 5. The van der Waals surface area contributed by atoms with E-state index in [9.17, 15) is 19.2 Å². The van der Waals surface area contributed by atoms with E-state index in [0.717, 1.165) is 23.2 Å². The smallest absolute Gasteiger partial charge is 0.316 e. The molecule has 8 rings (SSSR count). The Kier molecular flexibility index (Phi) is 4.78. The number of ether oxygens (including phenoxy) is 1. The summed E-state index contributed by atoms with van der Waals surface area (Å²) in [4.78, 5) is 55.5. The van der Waals surface area contributed by atoms with Gasteiger partial charge in [0, 0.05) is 24.7 Å². The van der Waals surface area contributed by atoms with Crippen LogP contribution >= 0.6 is 0 Å². The highest BCUT2D eigenvalue weighted by atomic mass is 16.5. The molecule has 0 N–H and O–H groups in total. The van der Waals surface area contributed by atoms with E-state index in [4.69, 9.17) is 4.74 Å². The molecule has 0 aromatic heterocycles. The molecule has 188 valence electrons. The first kappa shape index (κ1) is 22.5. The molecule has 2 aromatic rings. The molecule has 0 spiro atoms. The molecule has 0 unspecified atom stereocenters. The van der Waals surface area contributed by atoms with Crippen molar-refractivity contribution >= 4 is 35.1 Å². The standard InChI is InChI=1S/C30H28N2O5/c1-15-8-16(2)10-19(9-15)31-14-17(11-25(31)33)30(36)37-20-5-3-4-18(12-20)32-28(34)26-21-6-7-22(24-13-23(21)24)27(26)29(32)35/h3-10,12,17,21-24,26-27H,11,13-14H2,1-2H3/t17-,21-,22-,23-,24+,26+,27+/m1/s1. The molecule has 7 nitrogen and oxygen atoms in total. The lowest BCUT2D eigenvalue weighted by Gasteiger charge is -2.37. The van der Waals surface area contributed by atoms with Crippen molar-refractivity contribution in [2.75, 3.05) is 16.3 Å². The van der Waals surface area contributed by atoms with Crippen LogP contribution in [0.15, 0.2) is 54.6 Å². The zero-order valence-electron chi connectivity index (χ0n) is 20.8. The van der Waals surface area contributed by atoms with Crippen molar-refractivity contribution in [2.45, 2.75) is 26.7 Å². The van der Waals surface area contributed by atoms with Crippen molar-refractivity contribution in [1.82, 2.24) is 0 Å². The molecule has 0 radical (unpaired) electrons. The third kappa shape index (κ3) is 3.40. The Morgan fingerprint density at radius 3 is 2.16 bits per heavy atom. The Balaban J connectivity index is 1.08. The normalized spacial score (nSPS) is 33.1. The SMILES string of the molecule is Cc1cc(C)cc(N2C[C@H](C(=O)Oc3cccc(N4C(=O)[C@H]5[C@@H]6C=C[C@H]([C@@H]7C[C@H]67)[C@@H]5C4=O)c3)CC2=O)c1. The van der Waals surface area contributed by atoms with Crippen molar-refractivity contribution < 1.29 is 23.9 Å². The number of allylic oxidation sites excluding steroid dienone is 2. The first-order valence-corrected chi connectivity index (χ1v) is 13.1. The Morgan fingerprint density at radius 2 is 1.51 bits per heavy atom. The van der Waals surface area contributed by atoms with E-state index in [2.05, 4.69) is 12.2 Å². The van der Waals surface area contributed by atoms with Gasteiger partial charge in [0.2, 0.25) is 17.7 Å². The molecule has 2 aliphatic heterocycles.